The number of nitrogens with one attached hydrogen (secondary N) is 1. The highest BCUT2D eigenvalue weighted by molar-refractivity contribution is 5.93. The molecule has 3 rings (SSSR count). The topological polar surface area (TPSA) is 98.6 Å². The number of carbonyl (C=O) groups is 1. The van der Waals surface area contributed by atoms with Crippen LogP contribution in [0.3, 0.4) is 0 Å². The van der Waals surface area contributed by atoms with Gasteiger partial charge >= 0.3 is 6.36 Å². The summed E-state index contributed by atoms with van der Waals surface area (Å²) < 4.78 is 59.5. The Balaban J connectivity index is 1.69. The molecule has 0 spiro atoms. The van der Waals surface area contributed by atoms with E-state index in [1.165, 1.54) is 36.7 Å². The summed E-state index contributed by atoms with van der Waals surface area (Å²) in [7, 11) is 0. The fourth-order valence-corrected chi connectivity index (χ4v) is 2.42. The zero-order chi connectivity index (χ0) is 23.1. The summed E-state index contributed by atoms with van der Waals surface area (Å²) in [6.07, 6.45) is -0.190. The number of pyridine rings is 1. The van der Waals surface area contributed by atoms with Crippen LogP contribution in [0.5, 0.6) is 11.6 Å². The zero-order valence-corrected chi connectivity index (χ0v) is 16.4. The lowest BCUT2D eigenvalue weighted by atomic mass is 10.2. The molecule has 0 unspecified atom stereocenters. The minimum atomic E-state index is -4.86. The third-order valence-electron chi connectivity index (χ3n) is 3.77. The Morgan fingerprint density at radius 3 is 2.69 bits per heavy atom. The van der Waals surface area contributed by atoms with Gasteiger partial charge in [-0.25, -0.2) is 19.8 Å². The first-order valence-electron chi connectivity index (χ1n) is 9.05. The van der Waals surface area contributed by atoms with Gasteiger partial charge in [-0.15, -0.1) is 13.2 Å². The zero-order valence-electron chi connectivity index (χ0n) is 16.4. The number of hydrogen-bond acceptors (Lipinski definition) is 7. The molecule has 0 radical (unpaired) electrons. The van der Waals surface area contributed by atoms with E-state index in [-0.39, 0.29) is 17.0 Å². The van der Waals surface area contributed by atoms with Crippen LogP contribution in [0.2, 0.25) is 0 Å². The summed E-state index contributed by atoms with van der Waals surface area (Å²) in [5, 5.41) is 3.70. The van der Waals surface area contributed by atoms with E-state index in [9.17, 15) is 22.4 Å². The number of alkyl halides is 3. The van der Waals surface area contributed by atoms with Gasteiger partial charge in [-0.05, 0) is 31.2 Å². The van der Waals surface area contributed by atoms with Crippen molar-refractivity contribution in [3.05, 3.63) is 66.0 Å². The van der Waals surface area contributed by atoms with Gasteiger partial charge in [-0.3, -0.25) is 9.78 Å². The molecule has 0 atom stereocenters. The Morgan fingerprint density at radius 2 is 2.00 bits per heavy atom. The quantitative estimate of drug-likeness (QED) is 0.335. The van der Waals surface area contributed by atoms with Gasteiger partial charge in [0.15, 0.2) is 0 Å². The minimum Gasteiger partial charge on any atom is -0.494 e. The number of hydrogen-bond donors (Lipinski definition) is 1. The fraction of sp³-hybridized carbons (Fsp3) is 0.150. The molecule has 2 heterocycles. The first-order valence-corrected chi connectivity index (χ1v) is 9.05. The normalized spacial score (nSPS) is 11.4. The Morgan fingerprint density at radius 1 is 1.19 bits per heavy atom. The second-order valence-electron chi connectivity index (χ2n) is 6.04. The smallest absolute Gasteiger partial charge is 0.494 e. The van der Waals surface area contributed by atoms with Crippen LogP contribution in [0.4, 0.5) is 17.6 Å². The molecule has 32 heavy (non-hydrogen) atoms. The maximum atomic E-state index is 13.9. The van der Waals surface area contributed by atoms with Crippen molar-refractivity contribution in [2.75, 3.05) is 6.61 Å². The lowest BCUT2D eigenvalue weighted by Gasteiger charge is -2.08. The molecule has 0 aliphatic heterocycles. The SMILES string of the molecule is CCOc1ccc(F)c(/C=N/NC(=O)c2cncc(-c3ccc(OC(F)(F)F)nc3)n2)c1. The molecule has 1 N–H and O–H groups in total. The van der Waals surface area contributed by atoms with Crippen LogP contribution in [-0.2, 0) is 0 Å². The van der Waals surface area contributed by atoms with Crippen LogP contribution in [-0.4, -0.2) is 40.0 Å². The van der Waals surface area contributed by atoms with Gasteiger partial charge in [0.2, 0.25) is 5.88 Å². The molecule has 166 valence electrons. The predicted octanol–water partition coefficient (Wildman–Crippen LogP) is 3.74. The van der Waals surface area contributed by atoms with Crippen molar-refractivity contribution >= 4 is 12.1 Å². The Labute approximate surface area is 178 Å². The van der Waals surface area contributed by atoms with Crippen molar-refractivity contribution in [1.82, 2.24) is 20.4 Å². The molecule has 2 aromatic heterocycles. The molecule has 0 aliphatic rings. The second-order valence-corrected chi connectivity index (χ2v) is 6.04. The predicted molar refractivity (Wildman–Crippen MR) is 105 cm³/mol. The summed E-state index contributed by atoms with van der Waals surface area (Å²) in [5.74, 6) is -1.49. The molecule has 0 saturated carbocycles. The molecule has 0 fully saturated rings. The highest BCUT2D eigenvalue weighted by Crippen LogP contribution is 2.23. The van der Waals surface area contributed by atoms with Crippen LogP contribution >= 0.6 is 0 Å². The van der Waals surface area contributed by atoms with Gasteiger partial charge < -0.3 is 9.47 Å². The number of carbonyl (C=O) groups excluding carboxylic acids is 1. The lowest BCUT2D eigenvalue weighted by molar-refractivity contribution is -0.276. The van der Waals surface area contributed by atoms with E-state index in [2.05, 4.69) is 30.2 Å². The third-order valence-corrected chi connectivity index (χ3v) is 3.77. The van der Waals surface area contributed by atoms with E-state index in [0.717, 1.165) is 18.5 Å². The summed E-state index contributed by atoms with van der Waals surface area (Å²) in [6, 6.07) is 6.39. The highest BCUT2D eigenvalue weighted by Gasteiger charge is 2.31. The molecule has 0 aliphatic carbocycles. The Hall–Kier alpha value is -4.09. The summed E-state index contributed by atoms with van der Waals surface area (Å²) in [6.45, 7) is 2.19. The largest absolute Gasteiger partial charge is 0.574 e. The summed E-state index contributed by atoms with van der Waals surface area (Å²) >= 11 is 0. The van der Waals surface area contributed by atoms with E-state index < -0.39 is 24.0 Å². The van der Waals surface area contributed by atoms with Gasteiger partial charge in [0.05, 0.1) is 30.9 Å². The van der Waals surface area contributed by atoms with E-state index in [1.54, 1.807) is 6.92 Å². The van der Waals surface area contributed by atoms with Gasteiger partial charge in [0.1, 0.15) is 17.3 Å². The Kier molecular flexibility index (Phi) is 6.93. The van der Waals surface area contributed by atoms with Crippen LogP contribution in [0.15, 0.2) is 54.0 Å². The minimum absolute atomic E-state index is 0.100. The molecule has 0 saturated heterocycles. The third kappa shape index (κ3) is 6.20. The van der Waals surface area contributed by atoms with E-state index in [0.29, 0.717) is 17.9 Å². The van der Waals surface area contributed by atoms with E-state index in [1.807, 2.05) is 0 Å². The molecule has 1 aromatic carbocycles. The van der Waals surface area contributed by atoms with Crippen molar-refractivity contribution in [1.29, 1.82) is 0 Å². The average Bonchev–Trinajstić information content (AvgIpc) is 2.75. The molecule has 0 bridgehead atoms. The van der Waals surface area contributed by atoms with Crippen molar-refractivity contribution in [2.45, 2.75) is 13.3 Å². The maximum Gasteiger partial charge on any atom is 0.574 e. The van der Waals surface area contributed by atoms with Gasteiger partial charge in [0, 0.05) is 23.4 Å². The van der Waals surface area contributed by atoms with Crippen LogP contribution < -0.4 is 14.9 Å². The van der Waals surface area contributed by atoms with Gasteiger partial charge in [-0.1, -0.05) is 0 Å². The number of aromatic nitrogens is 3. The first-order chi connectivity index (χ1) is 15.2. The number of rotatable bonds is 7. The number of benzene rings is 1. The maximum absolute atomic E-state index is 13.9. The van der Waals surface area contributed by atoms with Gasteiger partial charge in [0.25, 0.3) is 5.91 Å². The first kappa shape index (κ1) is 22.6. The van der Waals surface area contributed by atoms with Crippen molar-refractivity contribution < 1.29 is 31.8 Å². The number of amides is 1. The fourth-order valence-electron chi connectivity index (χ4n) is 2.42. The van der Waals surface area contributed by atoms with E-state index >= 15 is 0 Å². The number of ether oxygens (including phenoxy) is 2. The van der Waals surface area contributed by atoms with Crippen molar-refractivity contribution in [3.8, 4) is 22.9 Å². The van der Waals surface area contributed by atoms with Crippen LogP contribution in [0.25, 0.3) is 11.3 Å². The van der Waals surface area contributed by atoms with Gasteiger partial charge in [-0.2, -0.15) is 5.10 Å². The van der Waals surface area contributed by atoms with E-state index in [4.69, 9.17) is 4.74 Å². The Bertz CT molecular complexity index is 1120. The number of hydrazone groups is 1. The molecular weight excluding hydrogens is 434 g/mol. The summed E-state index contributed by atoms with van der Waals surface area (Å²) in [4.78, 5) is 23.8. The van der Waals surface area contributed by atoms with Crippen molar-refractivity contribution in [3.63, 3.8) is 0 Å². The molecule has 8 nitrogen and oxygen atoms in total. The van der Waals surface area contributed by atoms with Crippen LogP contribution in [0, 0.1) is 5.82 Å². The second kappa shape index (κ2) is 9.81. The highest BCUT2D eigenvalue weighted by atomic mass is 19.4. The van der Waals surface area contributed by atoms with Crippen LogP contribution in [0.1, 0.15) is 23.0 Å². The standard InChI is InChI=1S/C20H15F4N5O3/c1-2-31-14-4-5-15(21)13(7-14)9-27-29-19(30)17-11-25-10-16(28-17)12-3-6-18(26-8-12)32-20(22,23)24/h3-11H,2H2,1H3,(H,29,30)/b27-9+. The molecule has 3 aromatic rings. The number of halogens is 4. The average molecular weight is 449 g/mol. The monoisotopic (exact) mass is 449 g/mol. The van der Waals surface area contributed by atoms with Crippen molar-refractivity contribution in [2.24, 2.45) is 5.10 Å². The summed E-state index contributed by atoms with van der Waals surface area (Å²) in [5.41, 5.74) is 2.66. The molecular formula is C20H15F4N5O3. The molecule has 12 heteroatoms. The molecule has 1 amide bonds. The lowest BCUT2D eigenvalue weighted by Crippen LogP contribution is -2.19. The number of nitrogens with zero attached hydrogens (tertiary/aromatic N) is 4.